The Morgan fingerprint density at radius 1 is 1.14 bits per heavy atom. The maximum atomic E-state index is 10.7. The van der Waals surface area contributed by atoms with E-state index in [9.17, 15) is 4.79 Å². The van der Waals surface area contributed by atoms with Crippen molar-refractivity contribution in [1.82, 2.24) is 4.90 Å². The lowest BCUT2D eigenvalue weighted by Gasteiger charge is -2.18. The number of unbranched alkanes of at least 4 members (excludes halogenated alkanes) is 3. The summed E-state index contributed by atoms with van der Waals surface area (Å²) in [4.78, 5) is 12.6. The number of hydrogen-bond donors (Lipinski definition) is 0. The fraction of sp³-hybridized carbons (Fsp3) is 0.917. The summed E-state index contributed by atoms with van der Waals surface area (Å²) in [7, 11) is 0. The second-order valence-electron chi connectivity index (χ2n) is 4.38. The van der Waals surface area contributed by atoms with Crippen LogP contribution in [0.5, 0.6) is 0 Å². The van der Waals surface area contributed by atoms with Gasteiger partial charge in [0.2, 0.25) is 6.41 Å². The highest BCUT2D eigenvalue weighted by Crippen LogP contribution is 2.04. The lowest BCUT2D eigenvalue weighted by Crippen LogP contribution is -2.25. The molecule has 0 saturated heterocycles. The summed E-state index contributed by atoms with van der Waals surface area (Å²) in [5, 5.41) is 0. The van der Waals surface area contributed by atoms with Gasteiger partial charge in [-0.05, 0) is 18.8 Å². The van der Waals surface area contributed by atoms with E-state index in [-0.39, 0.29) is 0 Å². The summed E-state index contributed by atoms with van der Waals surface area (Å²) >= 11 is 0. The Labute approximate surface area is 88.7 Å². The van der Waals surface area contributed by atoms with Crippen LogP contribution in [0.3, 0.4) is 0 Å². The summed E-state index contributed by atoms with van der Waals surface area (Å²) in [6.45, 7) is 8.46. The maximum absolute atomic E-state index is 10.7. The predicted octanol–water partition coefficient (Wildman–Crippen LogP) is 3.07. The van der Waals surface area contributed by atoms with E-state index in [0.29, 0.717) is 5.92 Å². The molecule has 0 unspecified atom stereocenters. The first-order valence-corrected chi connectivity index (χ1v) is 5.90. The van der Waals surface area contributed by atoms with Crippen molar-refractivity contribution < 1.29 is 4.79 Å². The van der Waals surface area contributed by atoms with Gasteiger partial charge in [-0.2, -0.15) is 0 Å². The fourth-order valence-electron chi connectivity index (χ4n) is 1.38. The van der Waals surface area contributed by atoms with Gasteiger partial charge in [0.15, 0.2) is 0 Å². The zero-order valence-corrected chi connectivity index (χ0v) is 9.96. The van der Waals surface area contributed by atoms with Gasteiger partial charge in [0.05, 0.1) is 0 Å². The molecule has 84 valence electrons. The van der Waals surface area contributed by atoms with Gasteiger partial charge >= 0.3 is 0 Å². The minimum Gasteiger partial charge on any atom is -0.345 e. The maximum Gasteiger partial charge on any atom is 0.209 e. The monoisotopic (exact) mass is 199 g/mol. The molecule has 0 aromatic rings. The zero-order chi connectivity index (χ0) is 10.8. The van der Waals surface area contributed by atoms with Gasteiger partial charge in [0.1, 0.15) is 0 Å². The number of nitrogens with zero attached hydrogens (tertiary/aromatic N) is 1. The Bertz CT molecular complexity index is 134. The van der Waals surface area contributed by atoms with Gasteiger partial charge in [0.25, 0.3) is 0 Å². The van der Waals surface area contributed by atoms with Crippen molar-refractivity contribution in [1.29, 1.82) is 0 Å². The fourth-order valence-corrected chi connectivity index (χ4v) is 1.38. The van der Waals surface area contributed by atoms with Gasteiger partial charge < -0.3 is 4.90 Å². The van der Waals surface area contributed by atoms with Crippen LogP contribution in [0, 0.1) is 5.92 Å². The highest BCUT2D eigenvalue weighted by Gasteiger charge is 2.02. The van der Waals surface area contributed by atoms with Crippen LogP contribution in [0.2, 0.25) is 0 Å². The first kappa shape index (κ1) is 13.5. The Balaban J connectivity index is 3.43. The van der Waals surface area contributed by atoms with Crippen molar-refractivity contribution in [3.63, 3.8) is 0 Å². The van der Waals surface area contributed by atoms with Gasteiger partial charge in [-0.25, -0.2) is 0 Å². The number of amides is 1. The molecule has 2 heteroatoms. The quantitative estimate of drug-likeness (QED) is 0.413. The molecule has 0 atom stereocenters. The number of hydrogen-bond acceptors (Lipinski definition) is 1. The van der Waals surface area contributed by atoms with Crippen molar-refractivity contribution in [2.45, 2.75) is 52.9 Å². The van der Waals surface area contributed by atoms with Gasteiger partial charge in [0, 0.05) is 13.1 Å². The van der Waals surface area contributed by atoms with Gasteiger partial charge in [-0.15, -0.1) is 0 Å². The normalized spacial score (nSPS) is 10.6. The average molecular weight is 199 g/mol. The van der Waals surface area contributed by atoms with Crippen LogP contribution in [0.25, 0.3) is 0 Å². The second-order valence-corrected chi connectivity index (χ2v) is 4.38. The Morgan fingerprint density at radius 3 is 2.36 bits per heavy atom. The molecular weight excluding hydrogens is 174 g/mol. The molecule has 14 heavy (non-hydrogen) atoms. The lowest BCUT2D eigenvalue weighted by molar-refractivity contribution is -0.118. The first-order chi connectivity index (χ1) is 6.70. The van der Waals surface area contributed by atoms with E-state index in [0.717, 1.165) is 32.3 Å². The van der Waals surface area contributed by atoms with Crippen molar-refractivity contribution in [3.8, 4) is 0 Å². The van der Waals surface area contributed by atoms with Crippen LogP contribution in [-0.4, -0.2) is 24.4 Å². The van der Waals surface area contributed by atoms with Crippen molar-refractivity contribution >= 4 is 6.41 Å². The summed E-state index contributed by atoms with van der Waals surface area (Å²) in [5.74, 6) is 0.688. The minimum absolute atomic E-state index is 0.688. The molecule has 0 aliphatic carbocycles. The molecule has 2 nitrogen and oxygen atoms in total. The van der Waals surface area contributed by atoms with Crippen LogP contribution in [0.4, 0.5) is 0 Å². The average Bonchev–Trinajstić information content (AvgIpc) is 2.16. The molecule has 0 aliphatic heterocycles. The molecule has 0 bridgehead atoms. The van der Waals surface area contributed by atoms with E-state index >= 15 is 0 Å². The standard InChI is InChI=1S/C12H25NO/c1-4-5-6-7-9-13(11-14)10-8-12(2)3/h11-12H,4-10H2,1-3H3. The lowest BCUT2D eigenvalue weighted by atomic mass is 10.1. The molecule has 0 fully saturated rings. The molecule has 0 aromatic heterocycles. The third-order valence-corrected chi connectivity index (χ3v) is 2.44. The van der Waals surface area contributed by atoms with Crippen LogP contribution < -0.4 is 0 Å². The van der Waals surface area contributed by atoms with Crippen LogP contribution >= 0.6 is 0 Å². The van der Waals surface area contributed by atoms with E-state index in [1.165, 1.54) is 19.3 Å². The molecule has 0 radical (unpaired) electrons. The Morgan fingerprint density at radius 2 is 1.86 bits per heavy atom. The summed E-state index contributed by atoms with van der Waals surface area (Å²) in [6.07, 6.45) is 7.07. The van der Waals surface area contributed by atoms with Crippen molar-refractivity contribution in [2.75, 3.05) is 13.1 Å². The first-order valence-electron chi connectivity index (χ1n) is 5.90. The molecule has 0 saturated carbocycles. The molecule has 0 rings (SSSR count). The third kappa shape index (κ3) is 8.09. The van der Waals surface area contributed by atoms with E-state index in [4.69, 9.17) is 0 Å². The molecule has 0 aliphatic rings. The van der Waals surface area contributed by atoms with E-state index < -0.39 is 0 Å². The van der Waals surface area contributed by atoms with E-state index in [2.05, 4.69) is 20.8 Å². The van der Waals surface area contributed by atoms with Crippen molar-refractivity contribution in [2.24, 2.45) is 5.92 Å². The zero-order valence-electron chi connectivity index (χ0n) is 9.96. The third-order valence-electron chi connectivity index (χ3n) is 2.44. The smallest absolute Gasteiger partial charge is 0.209 e. The van der Waals surface area contributed by atoms with Crippen LogP contribution in [0.1, 0.15) is 52.9 Å². The second kappa shape index (κ2) is 9.04. The molecule has 0 spiro atoms. The van der Waals surface area contributed by atoms with E-state index in [1.54, 1.807) is 0 Å². The Hall–Kier alpha value is -0.530. The highest BCUT2D eigenvalue weighted by molar-refractivity contribution is 5.46. The number of carbonyl (C=O) groups is 1. The van der Waals surface area contributed by atoms with Gasteiger partial charge in [-0.1, -0.05) is 40.0 Å². The predicted molar refractivity (Wildman–Crippen MR) is 61.2 cm³/mol. The van der Waals surface area contributed by atoms with Crippen molar-refractivity contribution in [3.05, 3.63) is 0 Å². The van der Waals surface area contributed by atoms with Crippen LogP contribution in [0.15, 0.2) is 0 Å². The largest absolute Gasteiger partial charge is 0.345 e. The summed E-state index contributed by atoms with van der Waals surface area (Å²) in [5.41, 5.74) is 0. The molecule has 0 N–H and O–H groups in total. The molecule has 0 aromatic carbocycles. The molecule has 1 amide bonds. The number of carbonyl (C=O) groups excluding carboxylic acids is 1. The molecular formula is C12H25NO. The topological polar surface area (TPSA) is 20.3 Å². The Kier molecular flexibility index (Phi) is 8.70. The number of rotatable bonds is 9. The van der Waals surface area contributed by atoms with E-state index in [1.807, 2.05) is 4.90 Å². The minimum atomic E-state index is 0.688. The SMILES string of the molecule is CCCCCCN(C=O)CCC(C)C. The molecule has 0 heterocycles. The van der Waals surface area contributed by atoms with Crippen LogP contribution in [-0.2, 0) is 4.79 Å². The summed E-state index contributed by atoms with van der Waals surface area (Å²) < 4.78 is 0. The highest BCUT2D eigenvalue weighted by atomic mass is 16.1. The van der Waals surface area contributed by atoms with Gasteiger partial charge in [-0.3, -0.25) is 4.79 Å². The summed E-state index contributed by atoms with van der Waals surface area (Å²) in [6, 6.07) is 0.